The van der Waals surface area contributed by atoms with Gasteiger partial charge in [-0.1, -0.05) is 38.2 Å². The van der Waals surface area contributed by atoms with Crippen molar-refractivity contribution in [2.45, 2.75) is 71.4 Å². The van der Waals surface area contributed by atoms with E-state index in [1.165, 1.54) is 40.4 Å². The van der Waals surface area contributed by atoms with Gasteiger partial charge in [-0.15, -0.1) is 0 Å². The van der Waals surface area contributed by atoms with Gasteiger partial charge in [0.15, 0.2) is 11.9 Å². The lowest BCUT2D eigenvalue weighted by Gasteiger charge is -2.32. The number of fused-ring (bicyclic) bond motifs is 2. The van der Waals surface area contributed by atoms with Gasteiger partial charge in [-0.3, -0.25) is 19.2 Å². The molecule has 0 aromatic heterocycles. The van der Waals surface area contributed by atoms with Crippen molar-refractivity contribution in [3.05, 3.63) is 58.6 Å². The Kier molecular flexibility index (Phi) is 14.4. The third kappa shape index (κ3) is 10.2. The number of Topliss-reactive ketones (excluding diaryl/α,β-unsaturated/α-hetero) is 1. The molecule has 4 unspecified atom stereocenters. The van der Waals surface area contributed by atoms with Crippen LogP contribution in [0.15, 0.2) is 58.6 Å². The Morgan fingerprint density at radius 3 is 2.31 bits per heavy atom. The van der Waals surface area contributed by atoms with Gasteiger partial charge >= 0.3 is 12.1 Å². The van der Waals surface area contributed by atoms with E-state index in [1.54, 1.807) is 19.1 Å². The molecule has 2 bridgehead atoms. The summed E-state index contributed by atoms with van der Waals surface area (Å²) in [7, 11) is 4.19. The Morgan fingerprint density at radius 2 is 1.73 bits per heavy atom. The zero-order chi connectivity index (χ0) is 33.8. The maximum Gasteiger partial charge on any atom is 0.405 e. The van der Waals surface area contributed by atoms with Crippen molar-refractivity contribution in [2.75, 3.05) is 27.9 Å². The molecule has 13 nitrogen and oxygen atoms in total. The minimum Gasteiger partial charge on any atom is -0.492 e. The van der Waals surface area contributed by atoms with Gasteiger partial charge in [-0.05, 0) is 38.2 Å². The summed E-state index contributed by atoms with van der Waals surface area (Å²) in [6, 6.07) is 0. The fourth-order valence-electron chi connectivity index (χ4n) is 5.28. The van der Waals surface area contributed by atoms with Gasteiger partial charge < -0.3 is 40.5 Å². The largest absolute Gasteiger partial charge is 0.492 e. The number of carbonyl (C=O) groups excluding carboxylic acids is 5. The molecule has 0 radical (unpaired) electrons. The van der Waals surface area contributed by atoms with E-state index in [9.17, 15) is 24.0 Å². The number of ketones is 2. The quantitative estimate of drug-likeness (QED) is 0.212. The van der Waals surface area contributed by atoms with Crippen LogP contribution in [0.4, 0.5) is 4.79 Å². The van der Waals surface area contributed by atoms with Crippen molar-refractivity contribution in [1.82, 2.24) is 5.32 Å². The van der Waals surface area contributed by atoms with Crippen LogP contribution in [0.25, 0.3) is 0 Å². The average Bonchev–Trinajstić information content (AvgIpc) is 2.97. The van der Waals surface area contributed by atoms with Crippen LogP contribution in [-0.2, 0) is 42.9 Å². The van der Waals surface area contributed by atoms with Gasteiger partial charge in [0.25, 0.3) is 5.91 Å². The van der Waals surface area contributed by atoms with Crippen LogP contribution in [0.5, 0.6) is 0 Å². The van der Waals surface area contributed by atoms with Crippen LogP contribution in [0.1, 0.15) is 47.0 Å². The predicted octanol–water partition coefficient (Wildman–Crippen LogP) is 2.31. The molecule has 0 saturated carbocycles. The summed E-state index contributed by atoms with van der Waals surface area (Å²) in [4.78, 5) is 63.9. The molecule has 0 aromatic rings. The average molecular weight is 632 g/mol. The number of esters is 1. The second-order valence-corrected chi connectivity index (χ2v) is 11.1. The summed E-state index contributed by atoms with van der Waals surface area (Å²) in [6.07, 6.45) is 3.46. The first-order chi connectivity index (χ1) is 21.3. The summed E-state index contributed by atoms with van der Waals surface area (Å²) < 4.78 is 28.0. The number of methoxy groups -OCH3 is 3. The molecule has 2 aliphatic rings. The van der Waals surface area contributed by atoms with E-state index in [2.05, 4.69) is 5.32 Å². The normalized spacial score (nSPS) is 30.2. The molecule has 2 rings (SSSR count). The molecule has 1 aliphatic carbocycles. The SMILES string of the molecule is COC1=C2CC(C)CC(OC)[C@@H](OC(=O)CCN)[C@H](C)/C=C(\C)C(OC(N)=O)C(OC)/C=C\C=C(/C)C(=O)NC(=CC1=O)C2=O. The number of carbonyl (C=O) groups is 5. The van der Waals surface area contributed by atoms with Crippen molar-refractivity contribution < 1.29 is 47.7 Å². The van der Waals surface area contributed by atoms with Crippen molar-refractivity contribution in [3.63, 3.8) is 0 Å². The van der Waals surface area contributed by atoms with Crippen LogP contribution in [-0.4, -0.2) is 81.8 Å². The van der Waals surface area contributed by atoms with Crippen molar-refractivity contribution >= 4 is 29.5 Å². The number of hydrogen-bond acceptors (Lipinski definition) is 11. The number of nitrogens with two attached hydrogens (primary N) is 2. The highest BCUT2D eigenvalue weighted by Gasteiger charge is 2.35. The molecule has 13 heteroatoms. The van der Waals surface area contributed by atoms with Gasteiger partial charge in [0.2, 0.25) is 11.6 Å². The standard InChI is InChI=1S/C32H45N3O10/c1-17-13-21-27(38)22(16-23(36)30(21)43-7)35-31(39)18(2)9-8-10-24(41-5)28(45-32(34)40)19(3)15-20(4)29(25(14-17)42-6)44-26(37)11-12-33/h8-10,15-17,20,24-25,28-29H,11-14,33H2,1-7H3,(H2,34,40)(H,35,39)/b10-8-,18-9+,19-15+/t17?,20-,24?,25?,28?,29+/m1/s1. The monoisotopic (exact) mass is 631 g/mol. The Morgan fingerprint density at radius 1 is 1.04 bits per heavy atom. The fraction of sp³-hybridized carbons (Fsp3) is 0.531. The second-order valence-electron chi connectivity index (χ2n) is 11.1. The van der Waals surface area contributed by atoms with Crippen molar-refractivity contribution in [2.24, 2.45) is 23.3 Å². The van der Waals surface area contributed by atoms with Crippen LogP contribution in [0.3, 0.4) is 0 Å². The lowest BCUT2D eigenvalue weighted by atomic mass is 9.85. The summed E-state index contributed by atoms with van der Waals surface area (Å²) >= 11 is 0. The molecule has 0 spiro atoms. The molecular weight excluding hydrogens is 586 g/mol. The number of hydrogen-bond donors (Lipinski definition) is 3. The number of nitrogens with one attached hydrogen (secondary N) is 1. The zero-order valence-corrected chi connectivity index (χ0v) is 26.9. The third-order valence-electron chi connectivity index (χ3n) is 7.53. The summed E-state index contributed by atoms with van der Waals surface area (Å²) in [6.45, 7) is 7.01. The van der Waals surface area contributed by atoms with Crippen molar-refractivity contribution in [1.29, 1.82) is 0 Å². The summed E-state index contributed by atoms with van der Waals surface area (Å²) in [5.41, 5.74) is 11.7. The lowest BCUT2D eigenvalue weighted by Crippen LogP contribution is -2.40. The van der Waals surface area contributed by atoms with Crippen LogP contribution in [0, 0.1) is 11.8 Å². The maximum absolute atomic E-state index is 13.5. The smallest absolute Gasteiger partial charge is 0.405 e. The zero-order valence-electron chi connectivity index (χ0n) is 26.9. The van der Waals surface area contributed by atoms with E-state index in [0.717, 1.165) is 6.08 Å². The molecule has 0 aromatic carbocycles. The number of primary amides is 1. The first-order valence-corrected chi connectivity index (χ1v) is 14.6. The molecule has 0 fully saturated rings. The summed E-state index contributed by atoms with van der Waals surface area (Å²) in [5.74, 6) is -3.11. The molecule has 0 saturated heterocycles. The Labute approximate surface area is 263 Å². The van der Waals surface area contributed by atoms with Crippen LogP contribution in [0.2, 0.25) is 0 Å². The van der Waals surface area contributed by atoms with Gasteiger partial charge in [-0.25, -0.2) is 4.79 Å². The Hall–Kier alpha value is -4.07. The molecule has 1 heterocycles. The highest BCUT2D eigenvalue weighted by Crippen LogP contribution is 2.30. The fourth-order valence-corrected chi connectivity index (χ4v) is 5.28. The van der Waals surface area contributed by atoms with E-state index in [-0.39, 0.29) is 47.9 Å². The topological polar surface area (TPSA) is 196 Å². The minimum absolute atomic E-state index is 0.0175. The van der Waals surface area contributed by atoms with Gasteiger partial charge in [-0.2, -0.15) is 0 Å². The van der Waals surface area contributed by atoms with Crippen molar-refractivity contribution in [3.8, 4) is 0 Å². The molecular formula is C32H45N3O10. The van der Waals surface area contributed by atoms with E-state index in [1.807, 2.05) is 13.8 Å². The molecule has 6 atom stereocenters. The summed E-state index contributed by atoms with van der Waals surface area (Å²) in [5, 5.41) is 2.53. The molecule has 1 aliphatic heterocycles. The molecule has 248 valence electrons. The number of rotatable bonds is 7. The third-order valence-corrected chi connectivity index (χ3v) is 7.53. The number of ether oxygens (including phenoxy) is 5. The van der Waals surface area contributed by atoms with E-state index >= 15 is 0 Å². The minimum atomic E-state index is -1.03. The number of allylic oxidation sites excluding steroid dienone is 4. The molecule has 5 N–H and O–H groups in total. The number of amides is 2. The van der Waals surface area contributed by atoms with Gasteiger partial charge in [0, 0.05) is 43.9 Å². The van der Waals surface area contributed by atoms with Crippen LogP contribution < -0.4 is 16.8 Å². The van der Waals surface area contributed by atoms with Crippen LogP contribution >= 0.6 is 0 Å². The second kappa shape index (κ2) is 17.4. The first-order valence-electron chi connectivity index (χ1n) is 14.6. The lowest BCUT2D eigenvalue weighted by molar-refractivity contribution is -0.160. The van der Waals surface area contributed by atoms with Gasteiger partial charge in [0.1, 0.15) is 12.2 Å². The maximum atomic E-state index is 13.5. The Balaban J connectivity index is 2.71. The first kappa shape index (κ1) is 37.1. The highest BCUT2D eigenvalue weighted by atomic mass is 16.6. The van der Waals surface area contributed by atoms with Gasteiger partial charge in [0.05, 0.1) is 25.3 Å². The molecule has 45 heavy (non-hydrogen) atoms. The van der Waals surface area contributed by atoms with E-state index < -0.39 is 59.9 Å². The predicted molar refractivity (Wildman–Crippen MR) is 164 cm³/mol. The Bertz CT molecular complexity index is 1300. The highest BCUT2D eigenvalue weighted by molar-refractivity contribution is 6.23. The van der Waals surface area contributed by atoms with E-state index in [0.29, 0.717) is 12.0 Å². The van der Waals surface area contributed by atoms with E-state index in [4.69, 9.17) is 35.2 Å². The molecule has 2 amide bonds.